The van der Waals surface area contributed by atoms with Crippen LogP contribution in [-0.4, -0.2) is 7.05 Å². The van der Waals surface area contributed by atoms with E-state index in [0.717, 1.165) is 21.2 Å². The molecule has 0 fully saturated rings. The molecule has 2 rings (SSSR count). The molecule has 0 unspecified atom stereocenters. The molecule has 0 radical (unpaired) electrons. The SMILES string of the molecule is CNc1cccc(-c2cc(C)sc2Cl)c1. The largest absolute Gasteiger partial charge is 0.388 e. The lowest BCUT2D eigenvalue weighted by Gasteiger charge is -2.03. The van der Waals surface area contributed by atoms with E-state index in [1.165, 1.54) is 4.88 Å². The van der Waals surface area contributed by atoms with Gasteiger partial charge in [-0.15, -0.1) is 11.3 Å². The summed E-state index contributed by atoms with van der Waals surface area (Å²) in [6.07, 6.45) is 0. The van der Waals surface area contributed by atoms with Crippen molar-refractivity contribution in [2.45, 2.75) is 6.92 Å². The molecule has 0 atom stereocenters. The molecule has 0 spiro atoms. The maximum atomic E-state index is 6.17. The first-order chi connectivity index (χ1) is 7.20. The van der Waals surface area contributed by atoms with Crippen LogP contribution < -0.4 is 5.32 Å². The van der Waals surface area contributed by atoms with Crippen molar-refractivity contribution in [2.24, 2.45) is 0 Å². The molecule has 0 saturated carbocycles. The summed E-state index contributed by atoms with van der Waals surface area (Å²) in [5.41, 5.74) is 3.39. The Kier molecular flexibility index (Phi) is 2.98. The van der Waals surface area contributed by atoms with Crippen LogP contribution in [0.25, 0.3) is 11.1 Å². The number of thiophene rings is 1. The zero-order chi connectivity index (χ0) is 10.8. The lowest BCUT2D eigenvalue weighted by Crippen LogP contribution is -1.87. The van der Waals surface area contributed by atoms with Gasteiger partial charge in [0.1, 0.15) is 4.34 Å². The molecule has 0 aliphatic carbocycles. The zero-order valence-electron chi connectivity index (χ0n) is 8.67. The molecule has 3 heteroatoms. The molecule has 0 aliphatic rings. The molecule has 2 aromatic rings. The number of aryl methyl sites for hydroxylation is 1. The van der Waals surface area contributed by atoms with Crippen LogP contribution in [0.15, 0.2) is 30.3 Å². The van der Waals surface area contributed by atoms with E-state index >= 15 is 0 Å². The van der Waals surface area contributed by atoms with Gasteiger partial charge in [0.2, 0.25) is 0 Å². The number of hydrogen-bond donors (Lipinski definition) is 1. The van der Waals surface area contributed by atoms with E-state index < -0.39 is 0 Å². The molecular weight excluding hydrogens is 226 g/mol. The van der Waals surface area contributed by atoms with Crippen molar-refractivity contribution in [3.8, 4) is 11.1 Å². The minimum atomic E-state index is 0.862. The highest BCUT2D eigenvalue weighted by Gasteiger charge is 2.07. The Labute approximate surface area is 98.7 Å². The molecule has 1 N–H and O–H groups in total. The molecule has 1 nitrogen and oxygen atoms in total. The first-order valence-electron chi connectivity index (χ1n) is 4.75. The number of anilines is 1. The predicted octanol–water partition coefficient (Wildman–Crippen LogP) is 4.42. The van der Waals surface area contributed by atoms with E-state index in [2.05, 4.69) is 30.4 Å². The summed E-state index contributed by atoms with van der Waals surface area (Å²) in [5.74, 6) is 0. The molecule has 1 heterocycles. The Bertz CT molecular complexity index is 476. The Morgan fingerprint density at radius 1 is 1.27 bits per heavy atom. The van der Waals surface area contributed by atoms with E-state index in [1.807, 2.05) is 19.2 Å². The first-order valence-corrected chi connectivity index (χ1v) is 5.94. The number of rotatable bonds is 2. The van der Waals surface area contributed by atoms with Crippen LogP contribution in [0.4, 0.5) is 5.69 Å². The number of halogens is 1. The smallest absolute Gasteiger partial charge is 0.101 e. The van der Waals surface area contributed by atoms with E-state index in [4.69, 9.17) is 11.6 Å². The maximum absolute atomic E-state index is 6.17. The summed E-state index contributed by atoms with van der Waals surface area (Å²) < 4.78 is 0.862. The fourth-order valence-corrected chi connectivity index (χ4v) is 2.80. The number of nitrogens with one attached hydrogen (secondary N) is 1. The van der Waals surface area contributed by atoms with Gasteiger partial charge in [-0.2, -0.15) is 0 Å². The van der Waals surface area contributed by atoms with Gasteiger partial charge in [-0.3, -0.25) is 0 Å². The highest BCUT2D eigenvalue weighted by atomic mass is 35.5. The van der Waals surface area contributed by atoms with Crippen molar-refractivity contribution in [1.29, 1.82) is 0 Å². The van der Waals surface area contributed by atoms with Crippen LogP contribution in [0.5, 0.6) is 0 Å². The third-order valence-electron chi connectivity index (χ3n) is 2.27. The Balaban J connectivity index is 2.49. The molecular formula is C12H12ClNS. The third-order valence-corrected chi connectivity index (χ3v) is 3.55. The van der Waals surface area contributed by atoms with Crippen LogP contribution in [0, 0.1) is 6.92 Å². The summed E-state index contributed by atoms with van der Waals surface area (Å²) in [7, 11) is 1.92. The maximum Gasteiger partial charge on any atom is 0.101 e. The van der Waals surface area contributed by atoms with Crippen LogP contribution >= 0.6 is 22.9 Å². The summed E-state index contributed by atoms with van der Waals surface area (Å²) in [6.45, 7) is 2.07. The van der Waals surface area contributed by atoms with Gasteiger partial charge in [0.05, 0.1) is 0 Å². The average molecular weight is 238 g/mol. The average Bonchev–Trinajstić information content (AvgIpc) is 2.58. The minimum Gasteiger partial charge on any atom is -0.388 e. The van der Waals surface area contributed by atoms with E-state index in [1.54, 1.807) is 11.3 Å². The second kappa shape index (κ2) is 4.25. The zero-order valence-corrected chi connectivity index (χ0v) is 10.2. The molecule has 0 bridgehead atoms. The van der Waals surface area contributed by atoms with Crippen LogP contribution in [-0.2, 0) is 0 Å². The highest BCUT2D eigenvalue weighted by Crippen LogP contribution is 2.35. The van der Waals surface area contributed by atoms with Gasteiger partial charge in [-0.05, 0) is 30.7 Å². The molecule has 78 valence electrons. The van der Waals surface area contributed by atoms with Gasteiger partial charge < -0.3 is 5.32 Å². The Morgan fingerprint density at radius 2 is 2.07 bits per heavy atom. The van der Waals surface area contributed by atoms with Gasteiger partial charge in [0.25, 0.3) is 0 Å². The van der Waals surface area contributed by atoms with E-state index in [0.29, 0.717) is 0 Å². The molecule has 0 amide bonds. The standard InChI is InChI=1S/C12H12ClNS/c1-8-6-11(12(13)15-8)9-4-3-5-10(7-9)14-2/h3-7,14H,1-2H3. The first kappa shape index (κ1) is 10.5. The van der Waals surface area contributed by atoms with Crippen molar-refractivity contribution in [1.82, 2.24) is 0 Å². The monoisotopic (exact) mass is 237 g/mol. The molecule has 0 aliphatic heterocycles. The topological polar surface area (TPSA) is 12.0 Å². The van der Waals surface area contributed by atoms with E-state index in [-0.39, 0.29) is 0 Å². The number of benzene rings is 1. The second-order valence-corrected chi connectivity index (χ2v) is 5.23. The van der Waals surface area contributed by atoms with E-state index in [9.17, 15) is 0 Å². The Morgan fingerprint density at radius 3 is 2.67 bits per heavy atom. The summed E-state index contributed by atoms with van der Waals surface area (Å²) in [6, 6.07) is 10.4. The highest BCUT2D eigenvalue weighted by molar-refractivity contribution is 7.16. The summed E-state index contributed by atoms with van der Waals surface area (Å²) >= 11 is 7.80. The lowest BCUT2D eigenvalue weighted by molar-refractivity contribution is 1.51. The van der Waals surface area contributed by atoms with Crippen LogP contribution in [0.2, 0.25) is 4.34 Å². The van der Waals surface area contributed by atoms with Crippen molar-refractivity contribution in [3.05, 3.63) is 39.5 Å². The summed E-state index contributed by atoms with van der Waals surface area (Å²) in [4.78, 5) is 1.24. The predicted molar refractivity (Wildman–Crippen MR) is 69.0 cm³/mol. The lowest BCUT2D eigenvalue weighted by atomic mass is 10.1. The fraction of sp³-hybridized carbons (Fsp3) is 0.167. The van der Waals surface area contributed by atoms with Crippen molar-refractivity contribution >= 4 is 28.6 Å². The van der Waals surface area contributed by atoms with Gasteiger partial charge in [-0.1, -0.05) is 23.7 Å². The molecule has 1 aromatic carbocycles. The second-order valence-electron chi connectivity index (χ2n) is 3.38. The van der Waals surface area contributed by atoms with Gasteiger partial charge in [0.15, 0.2) is 0 Å². The van der Waals surface area contributed by atoms with Crippen LogP contribution in [0.3, 0.4) is 0 Å². The molecule has 0 saturated heterocycles. The quantitative estimate of drug-likeness (QED) is 0.816. The summed E-state index contributed by atoms with van der Waals surface area (Å²) in [5, 5.41) is 3.12. The molecule has 15 heavy (non-hydrogen) atoms. The van der Waals surface area contributed by atoms with Gasteiger partial charge >= 0.3 is 0 Å². The van der Waals surface area contributed by atoms with Crippen molar-refractivity contribution in [3.63, 3.8) is 0 Å². The van der Waals surface area contributed by atoms with Crippen molar-refractivity contribution < 1.29 is 0 Å². The van der Waals surface area contributed by atoms with Gasteiger partial charge in [0, 0.05) is 23.2 Å². The van der Waals surface area contributed by atoms with Crippen molar-refractivity contribution in [2.75, 3.05) is 12.4 Å². The van der Waals surface area contributed by atoms with Gasteiger partial charge in [-0.25, -0.2) is 0 Å². The fourth-order valence-electron chi connectivity index (χ4n) is 1.52. The number of hydrogen-bond acceptors (Lipinski definition) is 2. The minimum absolute atomic E-state index is 0.862. The normalized spacial score (nSPS) is 10.3. The third kappa shape index (κ3) is 2.16. The Hall–Kier alpha value is -0.990. The molecule has 1 aromatic heterocycles. The van der Waals surface area contributed by atoms with Crippen LogP contribution in [0.1, 0.15) is 4.88 Å².